The zero-order valence-electron chi connectivity index (χ0n) is 18.7. The molecule has 2 unspecified atom stereocenters. The summed E-state index contributed by atoms with van der Waals surface area (Å²) in [6.45, 7) is 0.364. The predicted molar refractivity (Wildman–Crippen MR) is 124 cm³/mol. The molecule has 1 spiro atoms. The Kier molecular flexibility index (Phi) is 5.19. The van der Waals surface area contributed by atoms with E-state index in [2.05, 4.69) is 0 Å². The van der Waals surface area contributed by atoms with E-state index in [-0.39, 0.29) is 40.5 Å². The highest BCUT2D eigenvalue weighted by Gasteiger charge is 2.57. The third kappa shape index (κ3) is 3.23. The minimum Gasteiger partial charge on any atom is -0.508 e. The molecule has 7 N–H and O–H groups in total. The van der Waals surface area contributed by atoms with Gasteiger partial charge in [-0.15, -0.1) is 0 Å². The van der Waals surface area contributed by atoms with E-state index in [4.69, 9.17) is 20.9 Å². The van der Waals surface area contributed by atoms with Crippen molar-refractivity contribution in [1.82, 2.24) is 0 Å². The van der Waals surface area contributed by atoms with Crippen molar-refractivity contribution < 1.29 is 34.4 Å². The second-order valence-electron chi connectivity index (χ2n) is 8.79. The van der Waals surface area contributed by atoms with E-state index in [0.29, 0.717) is 36.1 Å². The average molecular weight is 476 g/mol. The minimum atomic E-state index is -1.95. The molecule has 0 saturated heterocycles. The van der Waals surface area contributed by atoms with Crippen LogP contribution in [0, 0.1) is 0 Å². The predicted octanol–water partition coefficient (Wildman–Crippen LogP) is 3.03. The van der Waals surface area contributed by atoms with Crippen LogP contribution in [0.1, 0.15) is 51.9 Å². The Labute approximate surface area is 200 Å². The Morgan fingerprint density at radius 3 is 2.46 bits per heavy atom. The van der Waals surface area contributed by atoms with Gasteiger partial charge in [-0.2, -0.15) is 0 Å². The number of carboxylic acids is 1. The molecule has 9 nitrogen and oxygen atoms in total. The van der Waals surface area contributed by atoms with Crippen LogP contribution in [-0.4, -0.2) is 33.8 Å². The molecule has 3 aromatic rings. The van der Waals surface area contributed by atoms with Crippen LogP contribution in [0.5, 0.6) is 23.0 Å². The molecule has 0 saturated carbocycles. The van der Waals surface area contributed by atoms with Crippen molar-refractivity contribution in [2.75, 3.05) is 6.54 Å². The molecule has 5 rings (SSSR count). The number of unbranched alkanes of at least 4 members (excludes halogenated alkanes) is 1. The van der Waals surface area contributed by atoms with Crippen LogP contribution < -0.4 is 16.2 Å². The summed E-state index contributed by atoms with van der Waals surface area (Å²) in [6, 6.07) is 13.7. The van der Waals surface area contributed by atoms with Crippen LogP contribution in [0.15, 0.2) is 54.6 Å². The van der Waals surface area contributed by atoms with Crippen LogP contribution in [0.4, 0.5) is 0 Å². The summed E-state index contributed by atoms with van der Waals surface area (Å²) in [7, 11) is 0. The quantitative estimate of drug-likeness (QED) is 0.265. The molecular formula is C26H24N2O7. The van der Waals surface area contributed by atoms with Crippen LogP contribution in [-0.2, 0) is 20.7 Å². The van der Waals surface area contributed by atoms with Crippen molar-refractivity contribution in [3.05, 3.63) is 82.4 Å². The molecule has 9 heteroatoms. The highest BCUT2D eigenvalue weighted by Crippen LogP contribution is 2.59. The van der Waals surface area contributed by atoms with Gasteiger partial charge < -0.3 is 36.3 Å². The van der Waals surface area contributed by atoms with E-state index >= 15 is 0 Å². The first-order valence-electron chi connectivity index (χ1n) is 11.2. The van der Waals surface area contributed by atoms with Gasteiger partial charge in [0.2, 0.25) is 0 Å². The van der Waals surface area contributed by atoms with E-state index in [0.717, 1.165) is 0 Å². The number of carboxylic acid groups (broad SMARTS) is 1. The van der Waals surface area contributed by atoms with Gasteiger partial charge in [-0.3, -0.25) is 0 Å². The van der Waals surface area contributed by atoms with E-state index in [1.807, 2.05) is 0 Å². The molecule has 0 fully saturated rings. The van der Waals surface area contributed by atoms with E-state index in [9.17, 15) is 24.9 Å². The van der Waals surface area contributed by atoms with Crippen LogP contribution in [0.25, 0.3) is 0 Å². The lowest BCUT2D eigenvalue weighted by atomic mass is 9.71. The number of phenols is 2. The Morgan fingerprint density at radius 2 is 1.71 bits per heavy atom. The highest BCUT2D eigenvalue weighted by atomic mass is 16.6. The number of carbonyl (C=O) groups is 2. The third-order valence-corrected chi connectivity index (χ3v) is 6.66. The number of fused-ring (bicyclic) bond motifs is 6. The second-order valence-corrected chi connectivity index (χ2v) is 8.79. The zero-order valence-corrected chi connectivity index (χ0v) is 18.7. The summed E-state index contributed by atoms with van der Waals surface area (Å²) in [6.07, 6.45) is 0.983. The SMILES string of the molecule is NCCCCC(N)(C(=O)O)c1cc(O)cc2c1C1(OC(=O)c3ccccc31)c1ccc(O)cc1O2. The molecule has 35 heavy (non-hydrogen) atoms. The van der Waals surface area contributed by atoms with Crippen molar-refractivity contribution in [2.45, 2.75) is 30.4 Å². The lowest BCUT2D eigenvalue weighted by molar-refractivity contribution is -0.144. The number of hydrogen-bond acceptors (Lipinski definition) is 8. The van der Waals surface area contributed by atoms with Gasteiger partial charge in [0.25, 0.3) is 0 Å². The Hall–Kier alpha value is -4.08. The fourth-order valence-corrected chi connectivity index (χ4v) is 5.04. The van der Waals surface area contributed by atoms with Gasteiger partial charge in [-0.25, -0.2) is 9.59 Å². The van der Waals surface area contributed by atoms with Crippen molar-refractivity contribution in [3.8, 4) is 23.0 Å². The lowest BCUT2D eigenvalue weighted by Crippen LogP contribution is -2.48. The first-order valence-corrected chi connectivity index (χ1v) is 11.2. The number of phenolic OH excluding ortho intramolecular Hbond substituents is 2. The average Bonchev–Trinajstić information content (AvgIpc) is 3.11. The molecule has 180 valence electrons. The smallest absolute Gasteiger partial charge is 0.340 e. The molecule has 0 aliphatic carbocycles. The number of nitrogens with two attached hydrogens (primary N) is 2. The van der Waals surface area contributed by atoms with Crippen molar-refractivity contribution in [1.29, 1.82) is 0 Å². The molecule has 2 atom stereocenters. The number of aliphatic carboxylic acids is 1. The third-order valence-electron chi connectivity index (χ3n) is 6.66. The van der Waals surface area contributed by atoms with Gasteiger partial charge in [-0.1, -0.05) is 18.2 Å². The molecule has 2 heterocycles. The monoisotopic (exact) mass is 476 g/mol. The lowest BCUT2D eigenvalue weighted by Gasteiger charge is -2.40. The minimum absolute atomic E-state index is 0.0174. The van der Waals surface area contributed by atoms with Crippen molar-refractivity contribution >= 4 is 11.9 Å². The zero-order chi connectivity index (χ0) is 25.0. The number of hydrogen-bond donors (Lipinski definition) is 5. The van der Waals surface area contributed by atoms with Crippen molar-refractivity contribution in [3.63, 3.8) is 0 Å². The molecular weight excluding hydrogens is 452 g/mol. The van der Waals surface area contributed by atoms with Gasteiger partial charge >= 0.3 is 11.9 Å². The summed E-state index contributed by atoms with van der Waals surface area (Å²) < 4.78 is 12.1. The van der Waals surface area contributed by atoms with Gasteiger partial charge in [0.05, 0.1) is 11.1 Å². The number of carbonyl (C=O) groups excluding carboxylic acids is 1. The van der Waals surface area contributed by atoms with E-state index in [1.165, 1.54) is 24.3 Å². The first-order chi connectivity index (χ1) is 16.7. The Balaban J connectivity index is 1.87. The first kappa shape index (κ1) is 22.7. The molecule has 3 aromatic carbocycles. The summed E-state index contributed by atoms with van der Waals surface area (Å²) in [4.78, 5) is 25.7. The van der Waals surface area contributed by atoms with Gasteiger partial charge in [0.1, 0.15) is 28.5 Å². The number of rotatable bonds is 6. The topological polar surface area (TPSA) is 165 Å². The van der Waals surface area contributed by atoms with Crippen LogP contribution in [0.2, 0.25) is 0 Å². The molecule has 0 radical (unpaired) electrons. The van der Waals surface area contributed by atoms with Gasteiger partial charge in [-0.05, 0) is 55.6 Å². The number of ether oxygens (including phenoxy) is 2. The van der Waals surface area contributed by atoms with Gasteiger partial charge in [0.15, 0.2) is 5.60 Å². The maximum Gasteiger partial charge on any atom is 0.340 e. The second kappa shape index (κ2) is 8.00. The largest absolute Gasteiger partial charge is 0.508 e. The number of esters is 1. The number of benzene rings is 3. The maximum absolute atomic E-state index is 13.1. The standard InChI is InChI=1S/C26H24N2O7/c27-10-4-3-9-25(28,24(32)33)19-11-15(30)13-21-22(19)26(18-8-7-14(29)12-20(18)34-21)17-6-2-1-5-16(17)23(31)35-26/h1-2,5-8,11-13,29-30H,3-4,9-10,27-28H2,(H,32,33). The molecule has 2 aliphatic heterocycles. The maximum atomic E-state index is 13.1. The fraction of sp³-hybridized carbons (Fsp3) is 0.231. The summed E-state index contributed by atoms with van der Waals surface area (Å²) in [5.41, 5.74) is 10.0. The summed E-state index contributed by atoms with van der Waals surface area (Å²) in [5, 5.41) is 30.9. The fourth-order valence-electron chi connectivity index (χ4n) is 5.04. The van der Waals surface area contributed by atoms with Gasteiger partial charge in [0, 0.05) is 23.3 Å². The normalized spacial score (nSPS) is 19.2. The summed E-state index contributed by atoms with van der Waals surface area (Å²) >= 11 is 0. The Bertz CT molecular complexity index is 1370. The molecule has 0 aromatic heterocycles. The van der Waals surface area contributed by atoms with E-state index in [1.54, 1.807) is 30.3 Å². The van der Waals surface area contributed by atoms with Crippen LogP contribution in [0.3, 0.4) is 0 Å². The van der Waals surface area contributed by atoms with Crippen LogP contribution >= 0.6 is 0 Å². The highest BCUT2D eigenvalue weighted by molar-refractivity contribution is 5.97. The van der Waals surface area contributed by atoms with E-state index < -0.39 is 23.1 Å². The summed E-state index contributed by atoms with van der Waals surface area (Å²) in [5.74, 6) is -2.01. The Morgan fingerprint density at radius 1 is 0.971 bits per heavy atom. The molecule has 0 amide bonds. The van der Waals surface area contributed by atoms with Crippen molar-refractivity contribution in [2.24, 2.45) is 11.5 Å². The molecule has 0 bridgehead atoms. The number of aromatic hydroxyl groups is 2. The molecule has 2 aliphatic rings.